The topological polar surface area (TPSA) is 58.4 Å². The molecule has 0 unspecified atom stereocenters. The largest absolute Gasteiger partial charge is 0.459 e. The van der Waals surface area contributed by atoms with Gasteiger partial charge in [-0.05, 0) is 24.3 Å². The van der Waals surface area contributed by atoms with Crippen LogP contribution in [0.25, 0.3) is 0 Å². The van der Waals surface area contributed by atoms with Gasteiger partial charge in [0.05, 0.1) is 12.0 Å². The molecule has 0 aliphatic rings. The zero-order valence-electron chi connectivity index (χ0n) is 9.68. The van der Waals surface area contributed by atoms with Gasteiger partial charge in [-0.15, -0.1) is 0 Å². The molecule has 1 N–H and O–H groups in total. The van der Waals surface area contributed by atoms with Gasteiger partial charge >= 0.3 is 0 Å². The second kappa shape index (κ2) is 4.69. The van der Waals surface area contributed by atoms with E-state index in [1.165, 1.54) is 6.26 Å². The molecule has 0 saturated carbocycles. The molecule has 0 atom stereocenters. The molecule has 0 bridgehead atoms. The van der Waals surface area contributed by atoms with Gasteiger partial charge in [0.2, 0.25) is 0 Å². The maximum atomic E-state index is 11.8. The van der Waals surface area contributed by atoms with Crippen LogP contribution in [-0.4, -0.2) is 25.0 Å². The van der Waals surface area contributed by atoms with E-state index in [0.29, 0.717) is 11.5 Å². The van der Waals surface area contributed by atoms with Crippen LogP contribution in [0, 0.1) is 0 Å². The molecule has 0 saturated heterocycles. The molecule has 0 aromatic carbocycles. The molecular weight excluding hydrogens is 218 g/mol. The lowest BCUT2D eigenvalue weighted by Gasteiger charge is -2.15. The smallest absolute Gasteiger partial charge is 0.291 e. The average Bonchev–Trinajstić information content (AvgIpc) is 2.83. The van der Waals surface area contributed by atoms with E-state index in [9.17, 15) is 4.79 Å². The molecule has 0 fully saturated rings. The van der Waals surface area contributed by atoms with Gasteiger partial charge in [-0.2, -0.15) is 0 Å². The number of carbonyl (C=O) groups excluding carboxylic acids is 1. The summed E-state index contributed by atoms with van der Waals surface area (Å²) in [5.41, 5.74) is 0.652. The van der Waals surface area contributed by atoms with Crippen LogP contribution in [0.3, 0.4) is 0 Å². The van der Waals surface area contributed by atoms with Crippen molar-refractivity contribution in [2.45, 2.75) is 0 Å². The van der Waals surface area contributed by atoms with Crippen molar-refractivity contribution in [1.29, 1.82) is 0 Å². The lowest BCUT2D eigenvalue weighted by Crippen LogP contribution is -2.17. The summed E-state index contributed by atoms with van der Waals surface area (Å²) in [6.07, 6.45) is 3.14. The molecular formula is C12H13N3O2. The number of hydrogen-bond acceptors (Lipinski definition) is 4. The number of hydrogen-bond donors (Lipinski definition) is 1. The van der Waals surface area contributed by atoms with Crippen molar-refractivity contribution < 1.29 is 9.21 Å². The minimum Gasteiger partial charge on any atom is -0.459 e. The van der Waals surface area contributed by atoms with Gasteiger partial charge in [0, 0.05) is 20.3 Å². The zero-order valence-corrected chi connectivity index (χ0v) is 9.68. The standard InChI is InChI=1S/C12H13N3O2/c1-15(2)11-9(5-3-7-13-11)14-12(16)10-6-4-8-17-10/h3-8H,1-2H3,(H,14,16). The fourth-order valence-corrected chi connectivity index (χ4v) is 1.44. The second-order valence-electron chi connectivity index (χ2n) is 3.70. The summed E-state index contributed by atoms with van der Waals surface area (Å²) in [5, 5.41) is 2.76. The Labute approximate surface area is 99.1 Å². The SMILES string of the molecule is CN(C)c1ncccc1NC(=O)c1ccco1. The molecule has 2 aromatic heterocycles. The summed E-state index contributed by atoms with van der Waals surface area (Å²) < 4.78 is 5.02. The Balaban J connectivity index is 2.22. The number of nitrogens with zero attached hydrogens (tertiary/aromatic N) is 2. The Morgan fingerprint density at radius 1 is 1.35 bits per heavy atom. The van der Waals surface area contributed by atoms with Crippen molar-refractivity contribution in [2.24, 2.45) is 0 Å². The van der Waals surface area contributed by atoms with E-state index in [1.807, 2.05) is 19.0 Å². The van der Waals surface area contributed by atoms with Crippen molar-refractivity contribution in [3.05, 3.63) is 42.5 Å². The highest BCUT2D eigenvalue weighted by Crippen LogP contribution is 2.21. The first-order chi connectivity index (χ1) is 8.18. The summed E-state index contributed by atoms with van der Waals surface area (Å²) in [5.74, 6) is 0.692. The maximum absolute atomic E-state index is 11.8. The summed E-state index contributed by atoms with van der Waals surface area (Å²) in [7, 11) is 3.73. The molecule has 1 amide bonds. The Morgan fingerprint density at radius 2 is 2.18 bits per heavy atom. The van der Waals surface area contributed by atoms with Crippen molar-refractivity contribution in [2.75, 3.05) is 24.3 Å². The Bertz CT molecular complexity index is 506. The fraction of sp³-hybridized carbons (Fsp3) is 0.167. The van der Waals surface area contributed by atoms with Gasteiger partial charge in [-0.1, -0.05) is 0 Å². The highest BCUT2D eigenvalue weighted by atomic mass is 16.3. The lowest BCUT2D eigenvalue weighted by molar-refractivity contribution is 0.0996. The van der Waals surface area contributed by atoms with Gasteiger partial charge in [-0.3, -0.25) is 4.79 Å². The first-order valence-corrected chi connectivity index (χ1v) is 5.15. The number of pyridine rings is 1. The van der Waals surface area contributed by atoms with Crippen LogP contribution in [0.15, 0.2) is 41.1 Å². The molecule has 5 heteroatoms. The third-order valence-electron chi connectivity index (χ3n) is 2.20. The highest BCUT2D eigenvalue weighted by Gasteiger charge is 2.12. The van der Waals surface area contributed by atoms with Gasteiger partial charge in [-0.25, -0.2) is 4.98 Å². The van der Waals surface area contributed by atoms with Crippen LogP contribution in [0.4, 0.5) is 11.5 Å². The molecule has 17 heavy (non-hydrogen) atoms. The highest BCUT2D eigenvalue weighted by molar-refractivity contribution is 6.03. The Hall–Kier alpha value is -2.30. The van der Waals surface area contributed by atoms with Crippen LogP contribution < -0.4 is 10.2 Å². The van der Waals surface area contributed by atoms with Gasteiger partial charge in [0.15, 0.2) is 11.6 Å². The molecule has 2 heterocycles. The fourth-order valence-electron chi connectivity index (χ4n) is 1.44. The molecule has 5 nitrogen and oxygen atoms in total. The first kappa shape index (κ1) is 11.2. The summed E-state index contributed by atoms with van der Waals surface area (Å²) in [6, 6.07) is 6.85. The average molecular weight is 231 g/mol. The summed E-state index contributed by atoms with van der Waals surface area (Å²) in [4.78, 5) is 17.8. The van der Waals surface area contributed by atoms with E-state index in [4.69, 9.17) is 4.42 Å². The normalized spacial score (nSPS) is 10.0. The molecule has 0 aliphatic heterocycles. The number of anilines is 2. The Kier molecular flexibility index (Phi) is 3.09. The van der Waals surface area contributed by atoms with E-state index in [0.717, 1.165) is 0 Å². The quantitative estimate of drug-likeness (QED) is 0.877. The number of nitrogens with one attached hydrogen (secondary N) is 1. The summed E-state index contributed by atoms with van der Waals surface area (Å²) >= 11 is 0. The number of furan rings is 1. The monoisotopic (exact) mass is 231 g/mol. The van der Waals surface area contributed by atoms with Crippen LogP contribution in [0.1, 0.15) is 10.6 Å². The summed E-state index contributed by atoms with van der Waals surface area (Å²) in [6.45, 7) is 0. The molecule has 88 valence electrons. The van der Waals surface area contributed by atoms with Crippen molar-refractivity contribution >= 4 is 17.4 Å². The number of aromatic nitrogens is 1. The zero-order chi connectivity index (χ0) is 12.3. The van der Waals surface area contributed by atoms with E-state index in [1.54, 1.807) is 30.5 Å². The van der Waals surface area contributed by atoms with E-state index >= 15 is 0 Å². The lowest BCUT2D eigenvalue weighted by atomic mass is 10.3. The van der Waals surface area contributed by atoms with Crippen molar-refractivity contribution in [3.63, 3.8) is 0 Å². The van der Waals surface area contributed by atoms with Gasteiger partial charge < -0.3 is 14.6 Å². The van der Waals surface area contributed by atoms with Crippen LogP contribution >= 0.6 is 0 Å². The van der Waals surface area contributed by atoms with E-state index < -0.39 is 0 Å². The maximum Gasteiger partial charge on any atom is 0.291 e. The minimum absolute atomic E-state index is 0.276. The van der Waals surface area contributed by atoms with Crippen LogP contribution in [0.5, 0.6) is 0 Å². The molecule has 2 aromatic rings. The van der Waals surface area contributed by atoms with Crippen molar-refractivity contribution in [1.82, 2.24) is 4.98 Å². The number of amides is 1. The van der Waals surface area contributed by atoms with Gasteiger partial charge in [0.1, 0.15) is 0 Å². The van der Waals surface area contributed by atoms with Gasteiger partial charge in [0.25, 0.3) is 5.91 Å². The predicted octanol–water partition coefficient (Wildman–Crippen LogP) is 1.99. The number of carbonyl (C=O) groups is 1. The first-order valence-electron chi connectivity index (χ1n) is 5.15. The minimum atomic E-state index is -0.286. The molecule has 2 rings (SSSR count). The van der Waals surface area contributed by atoms with E-state index in [2.05, 4.69) is 10.3 Å². The third-order valence-corrected chi connectivity index (χ3v) is 2.20. The molecule has 0 radical (unpaired) electrons. The van der Waals surface area contributed by atoms with Crippen LogP contribution in [0.2, 0.25) is 0 Å². The van der Waals surface area contributed by atoms with Crippen molar-refractivity contribution in [3.8, 4) is 0 Å². The molecule has 0 aliphatic carbocycles. The predicted molar refractivity (Wildman–Crippen MR) is 65.2 cm³/mol. The third kappa shape index (κ3) is 2.44. The molecule has 0 spiro atoms. The second-order valence-corrected chi connectivity index (χ2v) is 3.70. The van der Waals surface area contributed by atoms with E-state index in [-0.39, 0.29) is 11.7 Å². The number of rotatable bonds is 3. The van der Waals surface area contributed by atoms with Crippen LogP contribution in [-0.2, 0) is 0 Å². The Morgan fingerprint density at radius 3 is 2.82 bits per heavy atom.